The van der Waals surface area contributed by atoms with Crippen LogP contribution in [0.3, 0.4) is 0 Å². The van der Waals surface area contributed by atoms with Gasteiger partial charge in [0.2, 0.25) is 0 Å². The Morgan fingerprint density at radius 1 is 1.20 bits per heavy atom. The molecular weight excluding hydrogens is 290 g/mol. The van der Waals surface area contributed by atoms with E-state index < -0.39 is 0 Å². The Morgan fingerprint density at radius 3 is 2.65 bits per heavy atom. The molecule has 1 aliphatic rings. The number of carbonyl (C=O) groups excluding carboxylic acids is 1. The van der Waals surface area contributed by atoms with E-state index in [0.29, 0.717) is 12.4 Å². The SMILES string of the molecule is O=C(NCc1ccc(CCl)cc1)c1cc2c(s1)CCC2. The van der Waals surface area contributed by atoms with Crippen LogP contribution in [0.5, 0.6) is 0 Å². The van der Waals surface area contributed by atoms with Gasteiger partial charge in [-0.15, -0.1) is 22.9 Å². The minimum Gasteiger partial charge on any atom is -0.347 e. The molecule has 1 amide bonds. The molecular formula is C16H16ClNOS. The monoisotopic (exact) mass is 305 g/mol. The van der Waals surface area contributed by atoms with E-state index in [0.717, 1.165) is 28.8 Å². The summed E-state index contributed by atoms with van der Waals surface area (Å²) in [7, 11) is 0. The van der Waals surface area contributed by atoms with Crippen LogP contribution in [0, 0.1) is 0 Å². The number of halogens is 1. The summed E-state index contributed by atoms with van der Waals surface area (Å²) in [6, 6.07) is 10.1. The zero-order valence-electron chi connectivity index (χ0n) is 11.1. The van der Waals surface area contributed by atoms with E-state index in [1.165, 1.54) is 16.9 Å². The quantitative estimate of drug-likeness (QED) is 0.853. The van der Waals surface area contributed by atoms with Crippen molar-refractivity contribution in [3.63, 3.8) is 0 Å². The van der Waals surface area contributed by atoms with Crippen molar-refractivity contribution in [3.05, 3.63) is 56.8 Å². The average Bonchev–Trinajstić information content (AvgIpc) is 3.06. The Kier molecular flexibility index (Phi) is 4.08. The summed E-state index contributed by atoms with van der Waals surface area (Å²) in [5.41, 5.74) is 3.55. The first-order valence-electron chi connectivity index (χ1n) is 6.80. The Bertz CT molecular complexity index is 596. The lowest BCUT2D eigenvalue weighted by molar-refractivity contribution is 0.0955. The molecule has 0 saturated heterocycles. The fraction of sp³-hybridized carbons (Fsp3) is 0.312. The molecule has 1 N–H and O–H groups in total. The second kappa shape index (κ2) is 5.98. The van der Waals surface area contributed by atoms with Crippen molar-refractivity contribution in [2.24, 2.45) is 0 Å². The first-order valence-corrected chi connectivity index (χ1v) is 8.15. The molecule has 0 atom stereocenters. The van der Waals surface area contributed by atoms with Gasteiger partial charge in [-0.1, -0.05) is 24.3 Å². The smallest absolute Gasteiger partial charge is 0.261 e. The molecule has 1 aromatic carbocycles. The summed E-state index contributed by atoms with van der Waals surface area (Å²) in [6.07, 6.45) is 3.49. The number of amides is 1. The Morgan fingerprint density at radius 2 is 1.95 bits per heavy atom. The van der Waals surface area contributed by atoms with Gasteiger partial charge in [0, 0.05) is 17.3 Å². The Balaban J connectivity index is 1.60. The highest BCUT2D eigenvalue weighted by Crippen LogP contribution is 2.30. The van der Waals surface area contributed by atoms with Crippen molar-refractivity contribution in [1.29, 1.82) is 0 Å². The van der Waals surface area contributed by atoms with E-state index in [1.807, 2.05) is 24.3 Å². The second-order valence-electron chi connectivity index (χ2n) is 5.05. The molecule has 0 bridgehead atoms. The fourth-order valence-electron chi connectivity index (χ4n) is 2.46. The molecule has 1 aliphatic carbocycles. The third-order valence-electron chi connectivity index (χ3n) is 3.60. The van der Waals surface area contributed by atoms with Gasteiger partial charge < -0.3 is 5.32 Å². The van der Waals surface area contributed by atoms with E-state index >= 15 is 0 Å². The van der Waals surface area contributed by atoms with Crippen molar-refractivity contribution in [3.8, 4) is 0 Å². The molecule has 0 spiro atoms. The molecule has 0 aliphatic heterocycles. The van der Waals surface area contributed by atoms with E-state index in [2.05, 4.69) is 11.4 Å². The summed E-state index contributed by atoms with van der Waals surface area (Å²) in [4.78, 5) is 14.4. The predicted octanol–water partition coefficient (Wildman–Crippen LogP) is 3.91. The maximum Gasteiger partial charge on any atom is 0.261 e. The van der Waals surface area contributed by atoms with Gasteiger partial charge in [-0.2, -0.15) is 0 Å². The van der Waals surface area contributed by atoms with Crippen LogP contribution in [0.25, 0.3) is 0 Å². The molecule has 20 heavy (non-hydrogen) atoms. The predicted molar refractivity (Wildman–Crippen MR) is 83.5 cm³/mol. The molecule has 3 rings (SSSR count). The van der Waals surface area contributed by atoms with Gasteiger partial charge >= 0.3 is 0 Å². The number of thiophene rings is 1. The van der Waals surface area contributed by atoms with Crippen LogP contribution in [0.1, 0.15) is 37.7 Å². The van der Waals surface area contributed by atoms with Crippen LogP contribution in [0.2, 0.25) is 0 Å². The molecule has 0 unspecified atom stereocenters. The number of hydrogen-bond acceptors (Lipinski definition) is 2. The zero-order valence-corrected chi connectivity index (χ0v) is 12.7. The van der Waals surface area contributed by atoms with Crippen LogP contribution in [-0.4, -0.2) is 5.91 Å². The number of carbonyl (C=O) groups is 1. The van der Waals surface area contributed by atoms with Crippen molar-refractivity contribution in [2.45, 2.75) is 31.7 Å². The third-order valence-corrected chi connectivity index (χ3v) is 5.15. The topological polar surface area (TPSA) is 29.1 Å². The fourth-order valence-corrected chi connectivity index (χ4v) is 3.80. The van der Waals surface area contributed by atoms with Gasteiger partial charge in [0.05, 0.1) is 4.88 Å². The number of rotatable bonds is 4. The summed E-state index contributed by atoms with van der Waals surface area (Å²) in [6.45, 7) is 0.559. The summed E-state index contributed by atoms with van der Waals surface area (Å²) in [5, 5.41) is 2.98. The summed E-state index contributed by atoms with van der Waals surface area (Å²) >= 11 is 7.40. The molecule has 1 aromatic heterocycles. The lowest BCUT2D eigenvalue weighted by atomic mass is 10.1. The van der Waals surface area contributed by atoms with Crippen molar-refractivity contribution >= 4 is 28.8 Å². The summed E-state index contributed by atoms with van der Waals surface area (Å²) < 4.78 is 0. The van der Waals surface area contributed by atoms with Crippen LogP contribution < -0.4 is 5.32 Å². The minimum atomic E-state index is 0.0332. The van der Waals surface area contributed by atoms with Crippen LogP contribution in [0.4, 0.5) is 0 Å². The number of alkyl halides is 1. The summed E-state index contributed by atoms with van der Waals surface area (Å²) in [5.74, 6) is 0.554. The molecule has 2 aromatic rings. The molecule has 1 heterocycles. The highest BCUT2D eigenvalue weighted by molar-refractivity contribution is 7.14. The third kappa shape index (κ3) is 2.89. The van der Waals surface area contributed by atoms with E-state index in [9.17, 15) is 4.79 Å². The number of hydrogen-bond donors (Lipinski definition) is 1. The van der Waals surface area contributed by atoms with Crippen molar-refractivity contribution < 1.29 is 4.79 Å². The van der Waals surface area contributed by atoms with Gasteiger partial charge in [0.1, 0.15) is 0 Å². The standard InChI is InChI=1S/C16H16ClNOS/c17-9-11-4-6-12(7-5-11)10-18-16(19)15-8-13-2-1-3-14(13)20-15/h4-8H,1-3,9-10H2,(H,18,19). The lowest BCUT2D eigenvalue weighted by Gasteiger charge is -2.04. The van der Waals surface area contributed by atoms with Crippen molar-refractivity contribution in [1.82, 2.24) is 5.32 Å². The average molecular weight is 306 g/mol. The molecule has 0 saturated carbocycles. The van der Waals surface area contributed by atoms with Gasteiger partial charge in [0.15, 0.2) is 0 Å². The maximum atomic E-state index is 12.1. The highest BCUT2D eigenvalue weighted by Gasteiger charge is 2.18. The van der Waals surface area contributed by atoms with Crippen LogP contribution in [0.15, 0.2) is 30.3 Å². The zero-order chi connectivity index (χ0) is 13.9. The van der Waals surface area contributed by atoms with Crippen molar-refractivity contribution in [2.75, 3.05) is 0 Å². The Hall–Kier alpha value is -1.32. The second-order valence-corrected chi connectivity index (χ2v) is 6.45. The molecule has 104 valence electrons. The number of nitrogens with one attached hydrogen (secondary N) is 1. The number of benzene rings is 1. The highest BCUT2D eigenvalue weighted by atomic mass is 35.5. The van der Waals surface area contributed by atoms with Crippen LogP contribution >= 0.6 is 22.9 Å². The molecule has 4 heteroatoms. The normalized spacial score (nSPS) is 13.2. The van der Waals surface area contributed by atoms with E-state index in [-0.39, 0.29) is 5.91 Å². The lowest BCUT2D eigenvalue weighted by Crippen LogP contribution is -2.21. The number of fused-ring (bicyclic) bond motifs is 1. The van der Waals surface area contributed by atoms with Gasteiger partial charge in [-0.05, 0) is 42.0 Å². The molecule has 0 radical (unpaired) electrons. The van der Waals surface area contributed by atoms with E-state index in [1.54, 1.807) is 11.3 Å². The van der Waals surface area contributed by atoms with Crippen LogP contribution in [-0.2, 0) is 25.3 Å². The van der Waals surface area contributed by atoms with Gasteiger partial charge in [-0.3, -0.25) is 4.79 Å². The first kappa shape index (κ1) is 13.7. The molecule has 2 nitrogen and oxygen atoms in total. The van der Waals surface area contributed by atoms with Gasteiger partial charge in [0.25, 0.3) is 5.91 Å². The first-order chi connectivity index (χ1) is 9.76. The number of aryl methyl sites for hydroxylation is 2. The Labute approximate surface area is 127 Å². The van der Waals surface area contributed by atoms with Gasteiger partial charge in [-0.25, -0.2) is 0 Å². The van der Waals surface area contributed by atoms with E-state index in [4.69, 9.17) is 11.6 Å². The molecule has 0 fully saturated rings. The largest absolute Gasteiger partial charge is 0.347 e. The minimum absolute atomic E-state index is 0.0332. The maximum absolute atomic E-state index is 12.1.